The van der Waals surface area contributed by atoms with Gasteiger partial charge in [0, 0.05) is 41.6 Å². The molecule has 2 aliphatic rings. The average Bonchev–Trinajstić information content (AvgIpc) is 3.52. The van der Waals surface area contributed by atoms with Crippen LogP contribution >= 0.6 is 0 Å². The van der Waals surface area contributed by atoms with Gasteiger partial charge in [-0.1, -0.05) is 0 Å². The molecule has 2 atom stereocenters. The number of aliphatic hydroxyl groups is 1. The number of aliphatic hydroxyl groups excluding tert-OH is 1. The van der Waals surface area contributed by atoms with Crippen molar-refractivity contribution in [3.8, 4) is 11.1 Å². The summed E-state index contributed by atoms with van der Waals surface area (Å²) in [7, 11) is 0. The molecule has 34 heavy (non-hydrogen) atoms. The van der Waals surface area contributed by atoms with Crippen LogP contribution < -0.4 is 5.32 Å². The lowest BCUT2D eigenvalue weighted by atomic mass is 9.85. The first-order chi connectivity index (χ1) is 16.3. The summed E-state index contributed by atoms with van der Waals surface area (Å²) in [6.07, 6.45) is 3.94. The number of rotatable bonds is 6. The number of anilines is 1. The van der Waals surface area contributed by atoms with Gasteiger partial charge in [0.2, 0.25) is 5.95 Å². The third-order valence-electron chi connectivity index (χ3n) is 6.77. The molecule has 4 heterocycles. The molecule has 11 heteroatoms. The van der Waals surface area contributed by atoms with Gasteiger partial charge in [-0.3, -0.25) is 4.68 Å². The van der Waals surface area contributed by atoms with Crippen molar-refractivity contribution in [3.05, 3.63) is 30.4 Å². The predicted molar refractivity (Wildman–Crippen MR) is 120 cm³/mol. The van der Waals surface area contributed by atoms with Gasteiger partial charge in [0.05, 0.1) is 43.1 Å². The van der Waals surface area contributed by atoms with Crippen LogP contribution in [0.4, 0.5) is 19.1 Å². The molecule has 0 bridgehead atoms. The molecule has 3 aromatic heterocycles. The molecule has 0 amide bonds. The Bertz CT molecular complexity index is 1130. The number of nitrogens with zero attached hydrogens (tertiary/aromatic N) is 5. The monoisotopic (exact) mass is 478 g/mol. The Morgan fingerprint density at radius 1 is 1.21 bits per heavy atom. The van der Waals surface area contributed by atoms with E-state index in [1.807, 2.05) is 17.1 Å². The van der Waals surface area contributed by atoms with Crippen molar-refractivity contribution >= 4 is 11.5 Å². The second-order valence-corrected chi connectivity index (χ2v) is 9.46. The number of nitrogens with one attached hydrogen (secondary N) is 1. The first-order valence-corrected chi connectivity index (χ1v) is 11.8. The van der Waals surface area contributed by atoms with Crippen LogP contribution in [0.2, 0.25) is 0 Å². The zero-order chi connectivity index (χ0) is 23.9. The van der Waals surface area contributed by atoms with Gasteiger partial charge in [-0.05, 0) is 45.1 Å². The molecule has 1 saturated carbocycles. The summed E-state index contributed by atoms with van der Waals surface area (Å²) in [6, 6.07) is 1.44. The van der Waals surface area contributed by atoms with Crippen molar-refractivity contribution in [2.24, 2.45) is 0 Å². The fourth-order valence-electron chi connectivity index (χ4n) is 5.00. The second-order valence-electron chi connectivity index (χ2n) is 9.46. The lowest BCUT2D eigenvalue weighted by Gasteiger charge is -2.25. The number of alkyl halides is 3. The highest BCUT2D eigenvalue weighted by Crippen LogP contribution is 2.38. The lowest BCUT2D eigenvalue weighted by Crippen LogP contribution is -2.25. The van der Waals surface area contributed by atoms with Crippen LogP contribution in [0.15, 0.2) is 24.7 Å². The molecule has 2 N–H and O–H groups in total. The van der Waals surface area contributed by atoms with Gasteiger partial charge in [-0.15, -0.1) is 5.10 Å². The van der Waals surface area contributed by atoms with Crippen LogP contribution in [-0.4, -0.2) is 61.0 Å². The zero-order valence-electron chi connectivity index (χ0n) is 19.0. The van der Waals surface area contributed by atoms with E-state index < -0.39 is 18.6 Å². The van der Waals surface area contributed by atoms with E-state index in [9.17, 15) is 18.3 Å². The third-order valence-corrected chi connectivity index (χ3v) is 6.77. The number of aromatic nitrogens is 5. The molecule has 2 fully saturated rings. The topological polar surface area (TPSA) is 89.5 Å². The van der Waals surface area contributed by atoms with Gasteiger partial charge < -0.3 is 15.2 Å². The summed E-state index contributed by atoms with van der Waals surface area (Å²) in [4.78, 5) is 4.32. The minimum atomic E-state index is -4.27. The fourth-order valence-corrected chi connectivity index (χ4v) is 5.00. The van der Waals surface area contributed by atoms with Crippen LogP contribution in [0.3, 0.4) is 0 Å². The smallest absolute Gasteiger partial charge is 0.391 e. The van der Waals surface area contributed by atoms with E-state index in [0.29, 0.717) is 19.4 Å². The third kappa shape index (κ3) is 4.90. The summed E-state index contributed by atoms with van der Waals surface area (Å²) >= 11 is 0. The fraction of sp³-hybridized carbons (Fsp3) is 0.609. The lowest BCUT2D eigenvalue weighted by molar-refractivity contribution is -0.136. The summed E-state index contributed by atoms with van der Waals surface area (Å²) in [5.74, 6) is 0.348. The Kier molecular flexibility index (Phi) is 6.24. The maximum atomic E-state index is 12.8. The Morgan fingerprint density at radius 3 is 2.71 bits per heavy atom. The second kappa shape index (κ2) is 9.18. The zero-order valence-corrected chi connectivity index (χ0v) is 19.0. The van der Waals surface area contributed by atoms with E-state index in [2.05, 4.69) is 26.6 Å². The van der Waals surface area contributed by atoms with Gasteiger partial charge in [0.25, 0.3) is 0 Å². The maximum absolute atomic E-state index is 12.8. The van der Waals surface area contributed by atoms with Crippen molar-refractivity contribution in [1.29, 1.82) is 0 Å². The molecular weight excluding hydrogens is 449 g/mol. The van der Waals surface area contributed by atoms with E-state index in [0.717, 1.165) is 48.2 Å². The molecule has 184 valence electrons. The number of fused-ring (bicyclic) bond motifs is 1. The van der Waals surface area contributed by atoms with E-state index in [1.165, 1.54) is 6.92 Å². The number of halogens is 3. The quantitative estimate of drug-likeness (QED) is 0.548. The largest absolute Gasteiger partial charge is 0.393 e. The van der Waals surface area contributed by atoms with Gasteiger partial charge in [-0.2, -0.15) is 18.3 Å². The minimum absolute atomic E-state index is 0.155. The predicted octanol–water partition coefficient (Wildman–Crippen LogP) is 4.33. The summed E-state index contributed by atoms with van der Waals surface area (Å²) in [5, 5.41) is 21.9. The molecule has 1 aliphatic carbocycles. The molecule has 0 aromatic carbocycles. The van der Waals surface area contributed by atoms with Crippen molar-refractivity contribution in [2.45, 2.75) is 75.7 Å². The number of hydrogen-bond acceptors (Lipinski definition) is 6. The molecule has 0 unspecified atom stereocenters. The van der Waals surface area contributed by atoms with Crippen LogP contribution in [0.5, 0.6) is 0 Å². The van der Waals surface area contributed by atoms with Crippen LogP contribution in [0, 0.1) is 0 Å². The Morgan fingerprint density at radius 2 is 2.00 bits per heavy atom. The first-order valence-electron chi connectivity index (χ1n) is 11.8. The van der Waals surface area contributed by atoms with E-state index in [-0.39, 0.29) is 24.0 Å². The molecule has 1 saturated heterocycles. The highest BCUT2D eigenvalue weighted by Gasteiger charge is 2.31. The number of ether oxygens (including phenoxy) is 1. The maximum Gasteiger partial charge on any atom is 0.391 e. The molecule has 5 rings (SSSR count). The normalized spacial score (nSPS) is 24.6. The Balaban J connectivity index is 1.50. The van der Waals surface area contributed by atoms with Crippen LogP contribution in [0.25, 0.3) is 16.6 Å². The van der Waals surface area contributed by atoms with E-state index in [1.54, 1.807) is 10.7 Å². The standard InChI is InChI=1S/C23H29F3N6O2/c1-14(9-23(24,25)26)29-22-27-11-21-19(16-10-28-31(12-16)17-6-7-34-13-17)8-20(32(21)30-22)15-2-4-18(33)5-3-15/h8,10-12,14-15,17-18,33H,2-7,9,13H2,1H3,(H,29,30)/t14-,15?,17-,18?/m0/s1. The van der Waals surface area contributed by atoms with E-state index in [4.69, 9.17) is 4.74 Å². The molecule has 1 aliphatic heterocycles. The summed E-state index contributed by atoms with van der Waals surface area (Å²) in [5.41, 5.74) is 3.61. The Hall–Kier alpha value is -2.66. The highest BCUT2D eigenvalue weighted by atomic mass is 19.4. The van der Waals surface area contributed by atoms with Gasteiger partial charge in [-0.25, -0.2) is 9.50 Å². The minimum Gasteiger partial charge on any atom is -0.393 e. The van der Waals surface area contributed by atoms with Crippen LogP contribution in [0.1, 0.15) is 63.1 Å². The average molecular weight is 479 g/mol. The molecule has 0 spiro atoms. The van der Waals surface area contributed by atoms with Crippen molar-refractivity contribution in [2.75, 3.05) is 18.5 Å². The van der Waals surface area contributed by atoms with E-state index >= 15 is 0 Å². The van der Waals surface area contributed by atoms with Crippen molar-refractivity contribution in [3.63, 3.8) is 0 Å². The molecule has 8 nitrogen and oxygen atoms in total. The first kappa shape index (κ1) is 23.1. The van der Waals surface area contributed by atoms with Gasteiger partial charge >= 0.3 is 6.18 Å². The van der Waals surface area contributed by atoms with Gasteiger partial charge in [0.15, 0.2) is 0 Å². The van der Waals surface area contributed by atoms with Crippen LogP contribution in [-0.2, 0) is 4.74 Å². The van der Waals surface area contributed by atoms with Crippen molar-refractivity contribution in [1.82, 2.24) is 24.4 Å². The SMILES string of the molecule is C[C@@H](CC(F)(F)F)Nc1ncc2c(-c3cnn([C@H]4CCOC4)c3)cc(C3CCC(O)CC3)n2n1. The number of hydrogen-bond donors (Lipinski definition) is 2. The van der Waals surface area contributed by atoms with Gasteiger partial charge in [0.1, 0.15) is 0 Å². The Labute approximate surface area is 195 Å². The summed E-state index contributed by atoms with van der Waals surface area (Å²) in [6.45, 7) is 2.83. The molecule has 0 radical (unpaired) electrons. The molecular formula is C23H29F3N6O2. The molecule has 3 aromatic rings. The summed E-state index contributed by atoms with van der Waals surface area (Å²) < 4.78 is 47.6. The highest BCUT2D eigenvalue weighted by molar-refractivity contribution is 5.81. The van der Waals surface area contributed by atoms with Crippen molar-refractivity contribution < 1.29 is 23.0 Å².